The van der Waals surface area contributed by atoms with E-state index in [0.717, 1.165) is 23.2 Å². The summed E-state index contributed by atoms with van der Waals surface area (Å²) in [6.07, 6.45) is 4.18. The van der Waals surface area contributed by atoms with E-state index < -0.39 is 5.60 Å². The molecule has 2 atom stereocenters. The number of halogens is 1. The molecule has 0 radical (unpaired) electrons. The van der Waals surface area contributed by atoms with Crippen molar-refractivity contribution in [2.45, 2.75) is 37.3 Å². The molecule has 16 heavy (non-hydrogen) atoms. The molecule has 1 N–H and O–H groups in total. The minimum atomic E-state index is -0.471. The minimum absolute atomic E-state index is 0.411. The Balaban J connectivity index is 1.78. The fourth-order valence-electron chi connectivity index (χ4n) is 3.16. The topological polar surface area (TPSA) is 23.5 Å². The van der Waals surface area contributed by atoms with E-state index >= 15 is 0 Å². The van der Waals surface area contributed by atoms with E-state index in [9.17, 15) is 5.11 Å². The number of hydrogen-bond acceptors (Lipinski definition) is 3. The maximum absolute atomic E-state index is 10.8. The summed E-state index contributed by atoms with van der Waals surface area (Å²) >= 11 is 5.23. The van der Waals surface area contributed by atoms with E-state index in [4.69, 9.17) is 0 Å². The van der Waals surface area contributed by atoms with Gasteiger partial charge in [0.25, 0.3) is 0 Å². The molecule has 0 amide bonds. The average Bonchev–Trinajstić information content (AvgIpc) is 2.88. The van der Waals surface area contributed by atoms with Crippen LogP contribution in [0.5, 0.6) is 0 Å². The zero-order valence-corrected chi connectivity index (χ0v) is 11.6. The summed E-state index contributed by atoms with van der Waals surface area (Å²) in [5, 5.41) is 10.8. The Labute approximate surface area is 108 Å². The zero-order valence-electron chi connectivity index (χ0n) is 9.16. The molecule has 3 heterocycles. The van der Waals surface area contributed by atoms with Gasteiger partial charge in [-0.25, -0.2) is 0 Å². The molecule has 1 aromatic rings. The lowest BCUT2D eigenvalue weighted by Crippen LogP contribution is -2.42. The number of rotatable bonds is 2. The molecule has 2 saturated heterocycles. The first-order chi connectivity index (χ1) is 7.67. The van der Waals surface area contributed by atoms with Crippen LogP contribution in [0.2, 0.25) is 0 Å². The molecule has 2 fully saturated rings. The van der Waals surface area contributed by atoms with Gasteiger partial charge in [0.1, 0.15) is 0 Å². The molecule has 2 nitrogen and oxygen atoms in total. The van der Waals surface area contributed by atoms with Gasteiger partial charge in [-0.3, -0.25) is 4.90 Å². The van der Waals surface area contributed by atoms with Gasteiger partial charge in [-0.2, -0.15) is 0 Å². The van der Waals surface area contributed by atoms with Gasteiger partial charge in [0.2, 0.25) is 0 Å². The third-order valence-corrected chi connectivity index (χ3v) is 5.55. The Hall–Kier alpha value is 0.1000. The second-order valence-corrected chi connectivity index (χ2v) is 7.48. The molecule has 2 aliphatic heterocycles. The van der Waals surface area contributed by atoms with Gasteiger partial charge in [0.15, 0.2) is 0 Å². The molecule has 2 aliphatic rings. The summed E-state index contributed by atoms with van der Waals surface area (Å²) in [5.74, 6) is 0. The van der Waals surface area contributed by atoms with Crippen LogP contribution < -0.4 is 0 Å². The van der Waals surface area contributed by atoms with Crippen LogP contribution in [-0.4, -0.2) is 34.7 Å². The van der Waals surface area contributed by atoms with Crippen molar-refractivity contribution in [3.8, 4) is 0 Å². The van der Waals surface area contributed by atoms with E-state index in [-0.39, 0.29) is 0 Å². The maximum Gasteiger partial charge on any atom is 0.0862 e. The molecule has 1 aromatic heterocycles. The Bertz CT molecular complexity index is 394. The fraction of sp³-hybridized carbons (Fsp3) is 0.667. The molecule has 0 saturated carbocycles. The molecule has 4 heteroatoms. The third kappa shape index (κ3) is 1.86. The predicted octanol–water partition coefficient (Wildman–Crippen LogP) is 2.65. The molecule has 0 bridgehead atoms. The Morgan fingerprint density at radius 3 is 3.12 bits per heavy atom. The quantitative estimate of drug-likeness (QED) is 0.908. The zero-order chi connectivity index (χ0) is 11.2. The molecule has 88 valence electrons. The van der Waals surface area contributed by atoms with Crippen LogP contribution in [-0.2, 0) is 6.42 Å². The number of fused-ring (bicyclic) bond motifs is 1. The summed E-state index contributed by atoms with van der Waals surface area (Å²) in [6, 6.07) is 4.61. The third-order valence-electron chi connectivity index (χ3n) is 3.93. The smallest absolute Gasteiger partial charge is 0.0862 e. The van der Waals surface area contributed by atoms with Crippen molar-refractivity contribution < 1.29 is 5.11 Å². The van der Waals surface area contributed by atoms with Crippen molar-refractivity contribution in [1.82, 2.24) is 4.90 Å². The van der Waals surface area contributed by atoms with Gasteiger partial charge in [0.05, 0.1) is 9.39 Å². The monoisotopic (exact) mass is 301 g/mol. The second-order valence-electron chi connectivity index (χ2n) is 4.93. The summed E-state index contributed by atoms with van der Waals surface area (Å²) in [4.78, 5) is 3.76. The fourth-order valence-corrected chi connectivity index (χ4v) is 4.76. The predicted molar refractivity (Wildman–Crippen MR) is 69.9 cm³/mol. The van der Waals surface area contributed by atoms with Crippen LogP contribution >= 0.6 is 27.3 Å². The molecule has 0 aliphatic carbocycles. The number of thiophene rings is 1. The number of nitrogens with zero attached hydrogens (tertiary/aromatic N) is 1. The van der Waals surface area contributed by atoms with Crippen molar-refractivity contribution in [3.63, 3.8) is 0 Å². The van der Waals surface area contributed by atoms with Crippen molar-refractivity contribution >= 4 is 27.3 Å². The van der Waals surface area contributed by atoms with Crippen molar-refractivity contribution in [2.75, 3.05) is 13.1 Å². The number of aliphatic hydroxyl groups is 1. The highest BCUT2D eigenvalue weighted by molar-refractivity contribution is 9.11. The highest BCUT2D eigenvalue weighted by Gasteiger charge is 2.47. The van der Waals surface area contributed by atoms with Crippen molar-refractivity contribution in [1.29, 1.82) is 0 Å². The van der Waals surface area contributed by atoms with Crippen LogP contribution in [0, 0.1) is 0 Å². The van der Waals surface area contributed by atoms with E-state index in [1.54, 1.807) is 11.3 Å². The molecule has 0 aromatic carbocycles. The lowest BCUT2D eigenvalue weighted by atomic mass is 9.89. The first-order valence-electron chi connectivity index (χ1n) is 5.88. The molecule has 2 unspecified atom stereocenters. The van der Waals surface area contributed by atoms with Crippen LogP contribution in [0.4, 0.5) is 0 Å². The van der Waals surface area contributed by atoms with Gasteiger partial charge < -0.3 is 5.11 Å². The summed E-state index contributed by atoms with van der Waals surface area (Å²) in [6.45, 7) is 2.26. The van der Waals surface area contributed by atoms with Crippen molar-refractivity contribution in [3.05, 3.63) is 20.8 Å². The summed E-state index contributed by atoms with van der Waals surface area (Å²) in [7, 11) is 0. The van der Waals surface area contributed by atoms with Gasteiger partial charge >= 0.3 is 0 Å². The standard InChI is InChI=1S/C12H16BrNOS/c13-11-4-3-9(16-11)8-12(15)5-7-14-6-1-2-10(12)14/h3-4,10,15H,1-2,5-8H2. The lowest BCUT2D eigenvalue weighted by Gasteiger charge is -2.29. The van der Waals surface area contributed by atoms with Gasteiger partial charge in [-0.05, 0) is 53.9 Å². The van der Waals surface area contributed by atoms with Crippen LogP contribution in [0.1, 0.15) is 24.1 Å². The SMILES string of the molecule is OC1(Cc2ccc(Br)s2)CCN2CCCC21. The maximum atomic E-state index is 10.8. The highest BCUT2D eigenvalue weighted by atomic mass is 79.9. The van der Waals surface area contributed by atoms with E-state index in [1.807, 2.05) is 0 Å². The molecular formula is C12H16BrNOS. The van der Waals surface area contributed by atoms with E-state index in [2.05, 4.69) is 33.0 Å². The normalized spacial score (nSPS) is 34.5. The van der Waals surface area contributed by atoms with E-state index in [0.29, 0.717) is 6.04 Å². The minimum Gasteiger partial charge on any atom is -0.388 e. The van der Waals surface area contributed by atoms with Crippen LogP contribution in [0.15, 0.2) is 15.9 Å². The lowest BCUT2D eigenvalue weighted by molar-refractivity contribution is 0.0148. The first kappa shape index (κ1) is 11.2. The first-order valence-corrected chi connectivity index (χ1v) is 7.49. The van der Waals surface area contributed by atoms with Crippen molar-refractivity contribution in [2.24, 2.45) is 0 Å². The molecular weight excluding hydrogens is 286 g/mol. The molecule has 0 spiro atoms. The highest BCUT2D eigenvalue weighted by Crippen LogP contribution is 2.39. The Kier molecular flexibility index (Phi) is 2.86. The largest absolute Gasteiger partial charge is 0.388 e. The average molecular weight is 302 g/mol. The van der Waals surface area contributed by atoms with Crippen LogP contribution in [0.3, 0.4) is 0 Å². The Morgan fingerprint density at radius 1 is 1.50 bits per heavy atom. The Morgan fingerprint density at radius 2 is 2.38 bits per heavy atom. The summed E-state index contributed by atoms with van der Waals surface area (Å²) < 4.78 is 1.16. The number of hydrogen-bond donors (Lipinski definition) is 1. The second kappa shape index (κ2) is 4.09. The van der Waals surface area contributed by atoms with Gasteiger partial charge in [-0.1, -0.05) is 0 Å². The van der Waals surface area contributed by atoms with Gasteiger partial charge in [-0.15, -0.1) is 11.3 Å². The van der Waals surface area contributed by atoms with Gasteiger partial charge in [0, 0.05) is 23.9 Å². The van der Waals surface area contributed by atoms with E-state index in [1.165, 1.54) is 24.3 Å². The van der Waals surface area contributed by atoms with Crippen LogP contribution in [0.25, 0.3) is 0 Å². The summed E-state index contributed by atoms with van der Waals surface area (Å²) in [5.41, 5.74) is -0.471. The molecule has 3 rings (SSSR count).